The lowest BCUT2D eigenvalue weighted by atomic mass is 10.2. The van der Waals surface area contributed by atoms with Crippen LogP contribution in [0.25, 0.3) is 0 Å². The summed E-state index contributed by atoms with van der Waals surface area (Å²) in [6.45, 7) is -0.580. The fraction of sp³-hybridized carbons (Fsp3) is 0.188. The molecule has 24 heavy (non-hydrogen) atoms. The van der Waals surface area contributed by atoms with Crippen LogP contribution in [-0.2, 0) is 14.3 Å². The van der Waals surface area contributed by atoms with Gasteiger partial charge >= 0.3 is 5.97 Å². The third kappa shape index (κ3) is 3.72. The van der Waals surface area contributed by atoms with Gasteiger partial charge in [-0.2, -0.15) is 0 Å². The van der Waals surface area contributed by atoms with Crippen LogP contribution >= 0.6 is 11.3 Å². The van der Waals surface area contributed by atoms with E-state index in [1.54, 1.807) is 41.8 Å². The standard InChI is InChI=1S/C16H13NO6S/c18-14(17-15(19)13-6-3-7-24-13)9-22-16(20)12-8-21-10-4-1-2-5-11(10)23-12/h1-7,12H,8-9H2,(H,17,18,19)/t12-/m0/s1. The van der Waals surface area contributed by atoms with Crippen molar-refractivity contribution in [1.82, 2.24) is 5.32 Å². The van der Waals surface area contributed by atoms with Crippen LogP contribution in [0.2, 0.25) is 0 Å². The number of para-hydroxylation sites is 2. The van der Waals surface area contributed by atoms with Gasteiger partial charge in [0, 0.05) is 0 Å². The third-order valence-electron chi connectivity index (χ3n) is 3.11. The number of benzene rings is 1. The third-order valence-corrected chi connectivity index (χ3v) is 3.98. The second-order valence-corrected chi connectivity index (χ2v) is 5.77. The van der Waals surface area contributed by atoms with Crippen molar-refractivity contribution in [2.75, 3.05) is 13.2 Å². The fourth-order valence-electron chi connectivity index (χ4n) is 2.00. The molecule has 0 fully saturated rings. The topological polar surface area (TPSA) is 90.9 Å². The molecule has 0 saturated heterocycles. The highest BCUT2D eigenvalue weighted by Crippen LogP contribution is 2.31. The first-order chi connectivity index (χ1) is 11.6. The summed E-state index contributed by atoms with van der Waals surface area (Å²) in [5.41, 5.74) is 0. The molecule has 1 aromatic heterocycles. The van der Waals surface area contributed by atoms with Crippen molar-refractivity contribution < 1.29 is 28.6 Å². The lowest BCUT2D eigenvalue weighted by molar-refractivity contribution is -0.157. The minimum Gasteiger partial charge on any atom is -0.485 e. The molecule has 1 aromatic carbocycles. The normalized spacial score (nSPS) is 15.4. The largest absolute Gasteiger partial charge is 0.485 e. The number of fused-ring (bicyclic) bond motifs is 1. The van der Waals surface area contributed by atoms with Crippen molar-refractivity contribution in [2.45, 2.75) is 6.10 Å². The highest BCUT2D eigenvalue weighted by atomic mass is 32.1. The van der Waals surface area contributed by atoms with Crippen LogP contribution in [0.4, 0.5) is 0 Å². The molecule has 1 atom stereocenters. The Hall–Kier alpha value is -2.87. The average Bonchev–Trinajstić information content (AvgIpc) is 3.14. The Kier molecular flexibility index (Phi) is 4.76. The Bertz CT molecular complexity index is 758. The smallest absolute Gasteiger partial charge is 0.351 e. The van der Waals surface area contributed by atoms with Gasteiger partial charge in [0.2, 0.25) is 6.10 Å². The Labute approximate surface area is 141 Å². The van der Waals surface area contributed by atoms with Gasteiger partial charge in [0.1, 0.15) is 6.61 Å². The molecule has 2 aromatic rings. The summed E-state index contributed by atoms with van der Waals surface area (Å²) in [5.74, 6) is -0.997. The molecule has 2 heterocycles. The van der Waals surface area contributed by atoms with Crippen molar-refractivity contribution in [2.24, 2.45) is 0 Å². The van der Waals surface area contributed by atoms with Gasteiger partial charge in [0.25, 0.3) is 11.8 Å². The molecule has 124 valence electrons. The zero-order valence-electron chi connectivity index (χ0n) is 12.4. The second-order valence-electron chi connectivity index (χ2n) is 4.83. The molecule has 3 rings (SSSR count). The Balaban J connectivity index is 1.47. The maximum atomic E-state index is 11.9. The molecule has 1 N–H and O–H groups in total. The van der Waals surface area contributed by atoms with Gasteiger partial charge < -0.3 is 14.2 Å². The molecule has 8 heteroatoms. The maximum Gasteiger partial charge on any atom is 0.351 e. The number of carbonyl (C=O) groups is 3. The first-order valence-corrected chi connectivity index (χ1v) is 7.94. The number of nitrogens with one attached hydrogen (secondary N) is 1. The zero-order valence-corrected chi connectivity index (χ0v) is 13.2. The van der Waals surface area contributed by atoms with Crippen molar-refractivity contribution in [3.63, 3.8) is 0 Å². The molecule has 2 amide bonds. The molecule has 7 nitrogen and oxygen atoms in total. The van der Waals surface area contributed by atoms with E-state index in [9.17, 15) is 14.4 Å². The Morgan fingerprint density at radius 2 is 1.96 bits per heavy atom. The lowest BCUT2D eigenvalue weighted by Crippen LogP contribution is -2.40. The van der Waals surface area contributed by atoms with Crippen LogP contribution in [0, 0.1) is 0 Å². The summed E-state index contributed by atoms with van der Waals surface area (Å²) in [5, 5.41) is 3.86. The van der Waals surface area contributed by atoms with E-state index in [0.717, 1.165) is 0 Å². The van der Waals surface area contributed by atoms with Crippen molar-refractivity contribution in [1.29, 1.82) is 0 Å². The quantitative estimate of drug-likeness (QED) is 0.841. The first-order valence-electron chi connectivity index (χ1n) is 7.06. The Morgan fingerprint density at radius 1 is 1.17 bits per heavy atom. The van der Waals surface area contributed by atoms with E-state index < -0.39 is 30.5 Å². The maximum absolute atomic E-state index is 11.9. The number of carbonyl (C=O) groups excluding carboxylic acids is 3. The van der Waals surface area contributed by atoms with E-state index >= 15 is 0 Å². The van der Waals surface area contributed by atoms with Crippen LogP contribution in [0.5, 0.6) is 11.5 Å². The van der Waals surface area contributed by atoms with Gasteiger partial charge in [-0.15, -0.1) is 11.3 Å². The van der Waals surface area contributed by atoms with E-state index in [4.69, 9.17) is 14.2 Å². The number of rotatable bonds is 4. The minimum atomic E-state index is -0.958. The van der Waals surface area contributed by atoms with E-state index in [0.29, 0.717) is 16.4 Å². The molecule has 0 spiro atoms. The van der Waals surface area contributed by atoms with Crippen LogP contribution in [0.3, 0.4) is 0 Å². The molecule has 1 aliphatic rings. The number of hydrogen-bond donors (Lipinski definition) is 1. The SMILES string of the molecule is O=C(COC(=O)[C@@H]1COc2ccccc2O1)NC(=O)c1cccs1. The lowest BCUT2D eigenvalue weighted by Gasteiger charge is -2.24. The molecule has 0 saturated carbocycles. The fourth-order valence-corrected chi connectivity index (χ4v) is 2.62. The van der Waals surface area contributed by atoms with Crippen molar-refractivity contribution in [3.05, 3.63) is 46.7 Å². The minimum absolute atomic E-state index is 0.00834. The van der Waals surface area contributed by atoms with E-state index in [2.05, 4.69) is 5.32 Å². The number of imide groups is 1. The predicted octanol–water partition coefficient (Wildman–Crippen LogP) is 1.39. The molecular formula is C16H13NO6S. The number of ether oxygens (including phenoxy) is 3. The highest BCUT2D eigenvalue weighted by Gasteiger charge is 2.29. The van der Waals surface area contributed by atoms with Gasteiger partial charge in [-0.05, 0) is 23.6 Å². The van der Waals surface area contributed by atoms with Crippen LogP contribution < -0.4 is 14.8 Å². The van der Waals surface area contributed by atoms with Crippen LogP contribution in [-0.4, -0.2) is 37.1 Å². The summed E-state index contributed by atoms with van der Waals surface area (Å²) in [4.78, 5) is 35.7. The van der Waals surface area contributed by atoms with E-state index in [1.165, 1.54) is 11.3 Å². The summed E-state index contributed by atoms with van der Waals surface area (Å²) >= 11 is 1.21. The van der Waals surface area contributed by atoms with Crippen molar-refractivity contribution in [3.8, 4) is 11.5 Å². The van der Waals surface area contributed by atoms with E-state index in [-0.39, 0.29) is 6.61 Å². The molecule has 1 aliphatic heterocycles. The van der Waals surface area contributed by atoms with Crippen LogP contribution in [0.15, 0.2) is 41.8 Å². The zero-order chi connectivity index (χ0) is 16.9. The van der Waals surface area contributed by atoms with Gasteiger partial charge in [-0.3, -0.25) is 14.9 Å². The highest BCUT2D eigenvalue weighted by molar-refractivity contribution is 7.12. The van der Waals surface area contributed by atoms with Gasteiger partial charge in [-0.1, -0.05) is 18.2 Å². The molecule has 0 aliphatic carbocycles. The number of esters is 1. The number of hydrogen-bond acceptors (Lipinski definition) is 7. The van der Waals surface area contributed by atoms with E-state index in [1.807, 2.05) is 0 Å². The molecule has 0 unspecified atom stereocenters. The molecular weight excluding hydrogens is 334 g/mol. The van der Waals surface area contributed by atoms with Gasteiger partial charge in [-0.25, -0.2) is 4.79 Å². The van der Waals surface area contributed by atoms with Crippen LogP contribution in [0.1, 0.15) is 9.67 Å². The average molecular weight is 347 g/mol. The molecule has 0 bridgehead atoms. The second kappa shape index (κ2) is 7.14. The summed E-state index contributed by atoms with van der Waals surface area (Å²) < 4.78 is 15.7. The summed E-state index contributed by atoms with van der Waals surface area (Å²) in [6, 6.07) is 10.2. The Morgan fingerprint density at radius 3 is 2.71 bits per heavy atom. The first kappa shape index (κ1) is 16.0. The number of amides is 2. The summed E-state index contributed by atoms with van der Waals surface area (Å²) in [6.07, 6.45) is -0.958. The summed E-state index contributed by atoms with van der Waals surface area (Å²) in [7, 11) is 0. The monoisotopic (exact) mass is 347 g/mol. The number of thiophene rings is 1. The molecule has 0 radical (unpaired) electrons. The van der Waals surface area contributed by atoms with Gasteiger partial charge in [0.05, 0.1) is 4.88 Å². The van der Waals surface area contributed by atoms with Gasteiger partial charge in [0.15, 0.2) is 18.1 Å². The predicted molar refractivity (Wildman–Crippen MR) is 84.1 cm³/mol. The van der Waals surface area contributed by atoms with Crippen molar-refractivity contribution >= 4 is 29.1 Å².